The smallest absolute Gasteiger partial charge is 0.326 e. The summed E-state index contributed by atoms with van der Waals surface area (Å²) in [6.45, 7) is 6.61. The van der Waals surface area contributed by atoms with Crippen molar-refractivity contribution < 1.29 is 9.53 Å². The van der Waals surface area contributed by atoms with Crippen LogP contribution in [-0.4, -0.2) is 48.7 Å². The molecule has 1 saturated heterocycles. The predicted octanol–water partition coefficient (Wildman–Crippen LogP) is 2.71. The van der Waals surface area contributed by atoms with Gasteiger partial charge in [0.1, 0.15) is 5.54 Å². The zero-order valence-electron chi connectivity index (χ0n) is 14.0. The summed E-state index contributed by atoms with van der Waals surface area (Å²) >= 11 is 0. The van der Waals surface area contributed by atoms with E-state index in [2.05, 4.69) is 24.1 Å². The number of ether oxygens (including phenoxy) is 1. The first-order valence-electron chi connectivity index (χ1n) is 8.67. The molecular weight excluding hydrogens is 264 g/mol. The molecule has 0 spiro atoms. The third-order valence-corrected chi connectivity index (χ3v) is 5.04. The highest BCUT2D eigenvalue weighted by atomic mass is 16.5. The van der Waals surface area contributed by atoms with E-state index in [1.165, 1.54) is 52.3 Å². The minimum absolute atomic E-state index is 0.0780. The fourth-order valence-electron chi connectivity index (χ4n) is 4.09. The molecule has 1 aliphatic carbocycles. The summed E-state index contributed by atoms with van der Waals surface area (Å²) in [5.41, 5.74) is -0.462. The van der Waals surface area contributed by atoms with E-state index in [-0.39, 0.29) is 5.97 Å². The van der Waals surface area contributed by atoms with Crippen molar-refractivity contribution in [2.24, 2.45) is 0 Å². The highest BCUT2D eigenvalue weighted by molar-refractivity contribution is 5.81. The molecule has 122 valence electrons. The molecule has 21 heavy (non-hydrogen) atoms. The number of rotatable bonds is 4. The van der Waals surface area contributed by atoms with E-state index in [4.69, 9.17) is 4.74 Å². The second-order valence-electron chi connectivity index (χ2n) is 7.07. The molecular formula is C17H32N2O2. The van der Waals surface area contributed by atoms with Crippen LogP contribution in [0, 0.1) is 0 Å². The molecule has 2 fully saturated rings. The summed E-state index contributed by atoms with van der Waals surface area (Å²) in [5, 5.41) is 3.50. The molecule has 0 aromatic rings. The van der Waals surface area contributed by atoms with Gasteiger partial charge in [0.15, 0.2) is 0 Å². The van der Waals surface area contributed by atoms with E-state index in [1.54, 1.807) is 0 Å². The van der Waals surface area contributed by atoms with E-state index in [9.17, 15) is 4.79 Å². The number of hydrogen-bond donors (Lipinski definition) is 1. The maximum absolute atomic E-state index is 12.3. The fourth-order valence-corrected chi connectivity index (χ4v) is 4.09. The maximum atomic E-state index is 12.3. The number of carbonyl (C=O) groups is 1. The van der Waals surface area contributed by atoms with Crippen LogP contribution in [-0.2, 0) is 9.53 Å². The zero-order valence-corrected chi connectivity index (χ0v) is 14.0. The van der Waals surface area contributed by atoms with Gasteiger partial charge in [0.25, 0.3) is 0 Å². The lowest BCUT2D eigenvalue weighted by Gasteiger charge is -2.33. The van der Waals surface area contributed by atoms with Gasteiger partial charge in [-0.2, -0.15) is 0 Å². The molecule has 1 aliphatic heterocycles. The van der Waals surface area contributed by atoms with Gasteiger partial charge in [0.05, 0.1) is 7.11 Å². The van der Waals surface area contributed by atoms with Crippen molar-refractivity contribution in [2.75, 3.05) is 20.2 Å². The first-order chi connectivity index (χ1) is 10.1. The van der Waals surface area contributed by atoms with Crippen molar-refractivity contribution in [3.8, 4) is 0 Å². The Morgan fingerprint density at radius 1 is 1.19 bits per heavy atom. The molecule has 0 amide bonds. The van der Waals surface area contributed by atoms with Crippen LogP contribution in [0.2, 0.25) is 0 Å². The van der Waals surface area contributed by atoms with Gasteiger partial charge in [-0.05, 0) is 59.0 Å². The van der Waals surface area contributed by atoms with Crippen LogP contribution < -0.4 is 5.32 Å². The molecule has 4 nitrogen and oxygen atoms in total. The van der Waals surface area contributed by atoms with Crippen LogP contribution in [0.15, 0.2) is 0 Å². The van der Waals surface area contributed by atoms with Crippen molar-refractivity contribution in [3.63, 3.8) is 0 Å². The van der Waals surface area contributed by atoms with Crippen LogP contribution in [0.25, 0.3) is 0 Å². The lowest BCUT2D eigenvalue weighted by atomic mass is 9.95. The number of likely N-dealkylation sites (tertiary alicyclic amines) is 1. The van der Waals surface area contributed by atoms with Gasteiger partial charge in [-0.3, -0.25) is 10.1 Å². The van der Waals surface area contributed by atoms with E-state index in [0.717, 1.165) is 19.3 Å². The number of esters is 1. The van der Waals surface area contributed by atoms with Crippen molar-refractivity contribution in [1.29, 1.82) is 0 Å². The van der Waals surface area contributed by atoms with Gasteiger partial charge < -0.3 is 9.64 Å². The Hall–Kier alpha value is -0.610. The summed E-state index contributed by atoms with van der Waals surface area (Å²) in [7, 11) is 1.51. The lowest BCUT2D eigenvalue weighted by Crippen LogP contribution is -2.54. The number of methoxy groups -OCH3 is 1. The quantitative estimate of drug-likeness (QED) is 0.810. The summed E-state index contributed by atoms with van der Waals surface area (Å²) in [6, 6.07) is 0.837. The average molecular weight is 296 g/mol. The Kier molecular flexibility index (Phi) is 6.06. The molecule has 1 N–H and O–H groups in total. The van der Waals surface area contributed by atoms with Gasteiger partial charge in [-0.1, -0.05) is 19.3 Å². The Balaban J connectivity index is 2.02. The lowest BCUT2D eigenvalue weighted by molar-refractivity contribution is -0.149. The van der Waals surface area contributed by atoms with E-state index in [1.807, 2.05) is 0 Å². The van der Waals surface area contributed by atoms with Crippen molar-refractivity contribution in [2.45, 2.75) is 82.8 Å². The zero-order chi connectivity index (χ0) is 15.3. The average Bonchev–Trinajstić information content (AvgIpc) is 2.82. The molecule has 2 atom stereocenters. The number of hydrogen-bond acceptors (Lipinski definition) is 4. The SMILES string of the molecule is COC(=O)C1(NC(C)C)CCC(N2CCCCCCC2)C1. The Labute approximate surface area is 129 Å². The Bertz CT molecular complexity index is 338. The highest BCUT2D eigenvalue weighted by Crippen LogP contribution is 2.35. The van der Waals surface area contributed by atoms with Gasteiger partial charge in [-0.15, -0.1) is 0 Å². The van der Waals surface area contributed by atoms with Crippen molar-refractivity contribution in [1.82, 2.24) is 10.2 Å². The van der Waals surface area contributed by atoms with Crippen molar-refractivity contribution >= 4 is 5.97 Å². The second kappa shape index (κ2) is 7.59. The molecule has 2 unspecified atom stereocenters. The molecule has 0 aromatic heterocycles. The second-order valence-corrected chi connectivity index (χ2v) is 7.07. The molecule has 1 heterocycles. The van der Waals surface area contributed by atoms with Crippen LogP contribution >= 0.6 is 0 Å². The Morgan fingerprint density at radius 2 is 1.81 bits per heavy atom. The fraction of sp³-hybridized carbons (Fsp3) is 0.941. The molecule has 2 rings (SSSR count). The summed E-state index contributed by atoms with van der Waals surface area (Å²) in [6.07, 6.45) is 9.62. The number of nitrogens with zero attached hydrogens (tertiary/aromatic N) is 1. The number of nitrogens with one attached hydrogen (secondary N) is 1. The third-order valence-electron chi connectivity index (χ3n) is 5.04. The molecule has 4 heteroatoms. The van der Waals surface area contributed by atoms with Gasteiger partial charge in [0.2, 0.25) is 0 Å². The van der Waals surface area contributed by atoms with E-state index in [0.29, 0.717) is 12.1 Å². The minimum Gasteiger partial charge on any atom is -0.468 e. The van der Waals surface area contributed by atoms with Crippen LogP contribution in [0.3, 0.4) is 0 Å². The largest absolute Gasteiger partial charge is 0.468 e. The maximum Gasteiger partial charge on any atom is 0.326 e. The summed E-state index contributed by atoms with van der Waals surface area (Å²) in [4.78, 5) is 15.0. The van der Waals surface area contributed by atoms with Gasteiger partial charge >= 0.3 is 5.97 Å². The van der Waals surface area contributed by atoms with Crippen LogP contribution in [0.4, 0.5) is 0 Å². The molecule has 1 saturated carbocycles. The van der Waals surface area contributed by atoms with Gasteiger partial charge in [0, 0.05) is 12.1 Å². The normalized spacial score (nSPS) is 31.9. The first-order valence-corrected chi connectivity index (χ1v) is 8.67. The predicted molar refractivity (Wildman–Crippen MR) is 85.3 cm³/mol. The van der Waals surface area contributed by atoms with E-state index >= 15 is 0 Å². The molecule has 0 aromatic carbocycles. The first kappa shape index (κ1) is 16.8. The van der Waals surface area contributed by atoms with Crippen molar-refractivity contribution in [3.05, 3.63) is 0 Å². The van der Waals surface area contributed by atoms with E-state index < -0.39 is 5.54 Å². The Morgan fingerprint density at radius 3 is 2.38 bits per heavy atom. The molecule has 0 radical (unpaired) electrons. The minimum atomic E-state index is -0.462. The third kappa shape index (κ3) is 4.19. The van der Waals surface area contributed by atoms with Gasteiger partial charge in [-0.25, -0.2) is 0 Å². The van der Waals surface area contributed by atoms with Crippen LogP contribution in [0.1, 0.15) is 65.2 Å². The molecule has 0 bridgehead atoms. The summed E-state index contributed by atoms with van der Waals surface area (Å²) < 4.78 is 5.10. The highest BCUT2D eigenvalue weighted by Gasteiger charge is 2.47. The molecule has 2 aliphatic rings. The topological polar surface area (TPSA) is 41.6 Å². The van der Waals surface area contributed by atoms with Crippen LogP contribution in [0.5, 0.6) is 0 Å². The standard InChI is InChI=1S/C17H32N2O2/c1-14(2)18-17(16(20)21-3)10-9-15(13-17)19-11-7-5-4-6-8-12-19/h14-15,18H,4-13H2,1-3H3. The monoisotopic (exact) mass is 296 g/mol. The summed E-state index contributed by atoms with van der Waals surface area (Å²) in [5.74, 6) is -0.0780. The number of carbonyl (C=O) groups excluding carboxylic acids is 1.